The minimum atomic E-state index is -0.992. The molecule has 2 aromatic carbocycles. The number of thioether (sulfide) groups is 1. The number of carbonyl (C=O) groups is 1. The molecule has 0 heterocycles. The fourth-order valence-corrected chi connectivity index (χ4v) is 5.81. The molecule has 1 aliphatic carbocycles. The number of carbonyl (C=O) groups excluding carboxylic acids is 1. The zero-order valence-electron chi connectivity index (χ0n) is 24.8. The fourth-order valence-electron chi connectivity index (χ4n) is 5.25. The van der Waals surface area contributed by atoms with Crippen molar-refractivity contribution < 1.29 is 18.7 Å². The Balaban J connectivity index is 1.87. The van der Waals surface area contributed by atoms with Gasteiger partial charge in [-0.05, 0) is 97.6 Å². The van der Waals surface area contributed by atoms with E-state index < -0.39 is 29.3 Å². The van der Waals surface area contributed by atoms with Gasteiger partial charge in [-0.25, -0.2) is 8.78 Å². The van der Waals surface area contributed by atoms with E-state index in [9.17, 15) is 18.7 Å². The Morgan fingerprint density at radius 2 is 1.83 bits per heavy atom. The molecule has 0 aliphatic heterocycles. The molecule has 6 nitrogen and oxygen atoms in total. The van der Waals surface area contributed by atoms with Crippen LogP contribution in [0.1, 0.15) is 70.1 Å². The van der Waals surface area contributed by atoms with Crippen LogP contribution in [0.5, 0.6) is 0 Å². The number of aliphatic hydroxyl groups excluding tert-OH is 1. The van der Waals surface area contributed by atoms with Crippen LogP contribution >= 0.6 is 11.8 Å². The van der Waals surface area contributed by atoms with Gasteiger partial charge < -0.3 is 20.7 Å². The summed E-state index contributed by atoms with van der Waals surface area (Å²) in [5.74, 6) is -0.697. The molecule has 1 fully saturated rings. The van der Waals surface area contributed by atoms with Crippen LogP contribution < -0.4 is 10.6 Å². The standard InChI is InChI=1S/C32H44F2N4O2S/c1-6-38(5)37-29-11-13-32(14-12-29,26-10-8-9-25(18-26)22(3)21-41-7-2)35-20-31(40)30(36-23(4)39)17-24-15-27(33)19-28(34)16-24/h8-10,15-16,18-19,21,30-31,35,40H,6-7,11-14,17,20H2,1-5H3,(H,36,39)/b22-21+,37-29?. The van der Waals surface area contributed by atoms with Crippen LogP contribution in [-0.2, 0) is 16.8 Å². The van der Waals surface area contributed by atoms with Gasteiger partial charge in [-0.3, -0.25) is 4.79 Å². The van der Waals surface area contributed by atoms with Crippen molar-refractivity contribution in [3.63, 3.8) is 0 Å². The maximum Gasteiger partial charge on any atom is 0.217 e. The molecule has 3 N–H and O–H groups in total. The van der Waals surface area contributed by atoms with Crippen LogP contribution in [0.25, 0.3) is 5.57 Å². The van der Waals surface area contributed by atoms with E-state index in [0.717, 1.165) is 60.9 Å². The van der Waals surface area contributed by atoms with Gasteiger partial charge in [-0.1, -0.05) is 25.1 Å². The molecule has 0 radical (unpaired) electrons. The molecule has 1 amide bonds. The van der Waals surface area contributed by atoms with Crippen LogP contribution in [0.3, 0.4) is 0 Å². The second kappa shape index (κ2) is 15.5. The molecule has 1 aliphatic rings. The third-order valence-electron chi connectivity index (χ3n) is 7.63. The van der Waals surface area contributed by atoms with E-state index in [4.69, 9.17) is 5.10 Å². The predicted molar refractivity (Wildman–Crippen MR) is 166 cm³/mol. The molecule has 0 spiro atoms. The number of benzene rings is 2. The fraction of sp³-hybridized carbons (Fsp3) is 0.500. The van der Waals surface area contributed by atoms with Gasteiger partial charge in [0, 0.05) is 44.4 Å². The Morgan fingerprint density at radius 1 is 1.15 bits per heavy atom. The summed E-state index contributed by atoms with van der Waals surface area (Å²) in [4.78, 5) is 12.0. The van der Waals surface area contributed by atoms with E-state index in [1.54, 1.807) is 11.8 Å². The number of amides is 1. The van der Waals surface area contributed by atoms with Gasteiger partial charge in [0.05, 0.1) is 12.1 Å². The monoisotopic (exact) mass is 586 g/mol. The summed E-state index contributed by atoms with van der Waals surface area (Å²) >= 11 is 1.77. The lowest BCUT2D eigenvalue weighted by atomic mass is 9.75. The molecule has 41 heavy (non-hydrogen) atoms. The van der Waals surface area contributed by atoms with Crippen LogP contribution in [0.2, 0.25) is 0 Å². The largest absolute Gasteiger partial charge is 0.390 e. The van der Waals surface area contributed by atoms with Crippen molar-refractivity contribution in [2.45, 2.75) is 77.5 Å². The summed E-state index contributed by atoms with van der Waals surface area (Å²) in [5, 5.41) is 26.6. The minimum absolute atomic E-state index is 0.0961. The lowest BCUT2D eigenvalue weighted by molar-refractivity contribution is -0.120. The Morgan fingerprint density at radius 3 is 2.44 bits per heavy atom. The number of halogens is 2. The first-order valence-corrected chi connectivity index (χ1v) is 15.4. The summed E-state index contributed by atoms with van der Waals surface area (Å²) in [7, 11) is 1.98. The van der Waals surface area contributed by atoms with Crippen LogP contribution in [0.15, 0.2) is 53.0 Å². The third kappa shape index (κ3) is 9.65. The van der Waals surface area contributed by atoms with Crippen molar-refractivity contribution in [3.05, 3.63) is 76.2 Å². The topological polar surface area (TPSA) is 77.0 Å². The molecule has 0 bridgehead atoms. The highest BCUT2D eigenvalue weighted by Gasteiger charge is 2.37. The normalized spacial score (nSPS) is 19.0. The summed E-state index contributed by atoms with van der Waals surface area (Å²) < 4.78 is 27.7. The highest BCUT2D eigenvalue weighted by atomic mass is 32.2. The maximum atomic E-state index is 13.8. The minimum Gasteiger partial charge on any atom is -0.390 e. The van der Waals surface area contributed by atoms with Crippen LogP contribution in [0.4, 0.5) is 8.78 Å². The first-order chi connectivity index (χ1) is 19.5. The van der Waals surface area contributed by atoms with E-state index >= 15 is 0 Å². The maximum absolute atomic E-state index is 13.8. The summed E-state index contributed by atoms with van der Waals surface area (Å²) in [6.07, 6.45) is 2.33. The van der Waals surface area contributed by atoms with E-state index in [1.807, 2.05) is 12.1 Å². The van der Waals surface area contributed by atoms with Crippen LogP contribution in [0, 0.1) is 11.6 Å². The van der Waals surface area contributed by atoms with Crippen molar-refractivity contribution in [2.75, 3.05) is 25.9 Å². The molecule has 0 saturated heterocycles. The Labute approximate surface area is 247 Å². The SMILES string of the molecule is CCS/C=C(\C)c1cccc(C2(NCC(O)C(Cc3cc(F)cc(F)c3)NC(C)=O)CCC(=NN(C)CC)CC2)c1. The number of allylic oxidation sites excluding steroid dienone is 1. The molecule has 224 valence electrons. The summed E-state index contributed by atoms with van der Waals surface area (Å²) in [6, 6.07) is 11.1. The molecule has 0 aromatic heterocycles. The highest BCUT2D eigenvalue weighted by molar-refractivity contribution is 8.02. The second-order valence-electron chi connectivity index (χ2n) is 10.8. The van der Waals surface area contributed by atoms with E-state index in [0.29, 0.717) is 5.56 Å². The lowest BCUT2D eigenvalue weighted by Crippen LogP contribution is -2.53. The number of rotatable bonds is 13. The van der Waals surface area contributed by atoms with Crippen molar-refractivity contribution in [2.24, 2.45) is 5.10 Å². The Hall–Kier alpha value is -2.75. The molecule has 3 rings (SSSR count). The van der Waals surface area contributed by atoms with Crippen LogP contribution in [-0.4, -0.2) is 59.8 Å². The Kier molecular flexibility index (Phi) is 12.4. The van der Waals surface area contributed by atoms with Crippen molar-refractivity contribution in [1.29, 1.82) is 0 Å². The van der Waals surface area contributed by atoms with Crippen molar-refractivity contribution in [1.82, 2.24) is 15.6 Å². The molecular formula is C32H44F2N4O2S. The molecule has 2 atom stereocenters. The second-order valence-corrected chi connectivity index (χ2v) is 11.9. The molecule has 2 aromatic rings. The van der Waals surface area contributed by atoms with E-state index in [-0.39, 0.29) is 18.9 Å². The van der Waals surface area contributed by atoms with Gasteiger partial charge in [0.2, 0.25) is 5.91 Å². The van der Waals surface area contributed by atoms with Gasteiger partial charge in [-0.15, -0.1) is 11.8 Å². The number of hydrogen-bond donors (Lipinski definition) is 3. The molecule has 9 heteroatoms. The van der Waals surface area contributed by atoms with Crippen molar-refractivity contribution >= 4 is 29.0 Å². The van der Waals surface area contributed by atoms with Gasteiger partial charge in [-0.2, -0.15) is 5.10 Å². The average Bonchev–Trinajstić information content (AvgIpc) is 2.94. The lowest BCUT2D eigenvalue weighted by Gasteiger charge is -2.41. The van der Waals surface area contributed by atoms with Gasteiger partial charge >= 0.3 is 0 Å². The first kappa shape index (κ1) is 32.8. The molecular weight excluding hydrogens is 542 g/mol. The first-order valence-electron chi connectivity index (χ1n) is 14.4. The van der Waals surface area contributed by atoms with Gasteiger partial charge in [0.1, 0.15) is 11.6 Å². The zero-order chi connectivity index (χ0) is 30.0. The summed E-state index contributed by atoms with van der Waals surface area (Å²) in [6.45, 7) is 8.71. The van der Waals surface area contributed by atoms with Crippen molar-refractivity contribution in [3.8, 4) is 0 Å². The highest BCUT2D eigenvalue weighted by Crippen LogP contribution is 2.38. The van der Waals surface area contributed by atoms with E-state index in [2.05, 4.69) is 61.1 Å². The Bertz CT molecular complexity index is 1210. The van der Waals surface area contributed by atoms with Gasteiger partial charge in [0.25, 0.3) is 0 Å². The summed E-state index contributed by atoms with van der Waals surface area (Å²) in [5.41, 5.74) is 4.61. The zero-order valence-corrected chi connectivity index (χ0v) is 25.7. The third-order valence-corrected chi connectivity index (χ3v) is 8.48. The molecule has 1 saturated carbocycles. The van der Waals surface area contributed by atoms with E-state index in [1.165, 1.54) is 24.6 Å². The quantitative estimate of drug-likeness (QED) is 0.257. The number of aliphatic hydroxyl groups is 1. The number of nitrogens with one attached hydrogen (secondary N) is 2. The van der Waals surface area contributed by atoms with Gasteiger partial charge in [0.15, 0.2) is 0 Å². The smallest absolute Gasteiger partial charge is 0.217 e. The number of hydrazone groups is 1. The number of hydrogen-bond acceptors (Lipinski definition) is 6. The predicted octanol–water partition coefficient (Wildman–Crippen LogP) is 5.85. The number of nitrogens with zero attached hydrogens (tertiary/aromatic N) is 2. The average molecular weight is 587 g/mol. The molecule has 2 unspecified atom stereocenters.